The third-order valence-corrected chi connectivity index (χ3v) is 0.847. The normalized spacial score (nSPS) is 9.33. The third kappa shape index (κ3) is 6.34. The highest BCUT2D eigenvalue weighted by Gasteiger charge is 1.92. The highest BCUT2D eigenvalue weighted by atomic mass is 16.4. The van der Waals surface area contributed by atoms with Crippen LogP contribution >= 0.6 is 0 Å². The van der Waals surface area contributed by atoms with Crippen LogP contribution in [-0.2, 0) is 4.79 Å². The summed E-state index contributed by atoms with van der Waals surface area (Å²) in [4.78, 5) is 20.6. The molecule has 0 aromatic carbocycles. The van der Waals surface area contributed by atoms with Crippen LogP contribution in [0, 0.1) is 0 Å². The van der Waals surface area contributed by atoms with Crippen molar-refractivity contribution in [2.75, 3.05) is 6.54 Å². The van der Waals surface area contributed by atoms with Gasteiger partial charge in [-0.25, -0.2) is 9.59 Å². The topological polar surface area (TPSA) is 78.4 Å². The largest absolute Gasteiger partial charge is 0.478 e. The van der Waals surface area contributed by atoms with Crippen molar-refractivity contribution in [2.45, 2.75) is 0 Å². The molecule has 0 heterocycles. The zero-order chi connectivity index (χ0) is 9.40. The Morgan fingerprint density at radius 2 is 2.17 bits per heavy atom. The van der Waals surface area contributed by atoms with Gasteiger partial charge in [-0.3, -0.25) is 0 Å². The highest BCUT2D eigenvalue weighted by molar-refractivity contribution is 5.81. The minimum Gasteiger partial charge on any atom is -0.478 e. The molecule has 0 atom stereocenters. The molecule has 12 heavy (non-hydrogen) atoms. The lowest BCUT2D eigenvalue weighted by molar-refractivity contribution is -0.131. The molecule has 0 spiro atoms. The van der Waals surface area contributed by atoms with Crippen LogP contribution in [0.5, 0.6) is 0 Å². The van der Waals surface area contributed by atoms with E-state index in [4.69, 9.17) is 5.11 Å². The van der Waals surface area contributed by atoms with Crippen molar-refractivity contribution in [1.82, 2.24) is 10.6 Å². The molecule has 0 saturated carbocycles. The van der Waals surface area contributed by atoms with E-state index in [-0.39, 0.29) is 0 Å². The van der Waals surface area contributed by atoms with Gasteiger partial charge in [0, 0.05) is 18.8 Å². The van der Waals surface area contributed by atoms with Crippen molar-refractivity contribution in [2.24, 2.45) is 0 Å². The van der Waals surface area contributed by atoms with Gasteiger partial charge < -0.3 is 15.7 Å². The van der Waals surface area contributed by atoms with Crippen LogP contribution in [0.1, 0.15) is 0 Å². The Labute approximate surface area is 69.8 Å². The standard InChI is InChI=1S/C7H10N2O3/c1-2-4-8-7(12)9-5-3-6(10)11/h2-3,5H,1,4H2,(H,10,11)(H2,8,9,12)/b5-3+. The second-order valence-corrected chi connectivity index (χ2v) is 1.81. The number of carbonyl (C=O) groups is 2. The van der Waals surface area contributed by atoms with E-state index in [1.54, 1.807) is 0 Å². The first-order valence-corrected chi connectivity index (χ1v) is 3.21. The molecule has 0 aliphatic carbocycles. The van der Waals surface area contributed by atoms with E-state index < -0.39 is 12.0 Å². The number of carbonyl (C=O) groups excluding carboxylic acids is 1. The number of amides is 2. The fraction of sp³-hybridized carbons (Fsp3) is 0.143. The van der Waals surface area contributed by atoms with E-state index in [1.807, 2.05) is 0 Å². The molecule has 5 nitrogen and oxygen atoms in total. The number of carboxylic acids is 1. The summed E-state index contributed by atoms with van der Waals surface area (Å²) in [6, 6.07) is -0.465. The summed E-state index contributed by atoms with van der Waals surface area (Å²) in [7, 11) is 0. The highest BCUT2D eigenvalue weighted by Crippen LogP contribution is 1.69. The van der Waals surface area contributed by atoms with Gasteiger partial charge in [0.05, 0.1) is 0 Å². The molecule has 0 bridgehead atoms. The minimum atomic E-state index is -1.11. The maximum atomic E-state index is 10.7. The van der Waals surface area contributed by atoms with Gasteiger partial charge in [0.2, 0.25) is 0 Å². The SMILES string of the molecule is C=CCNC(=O)N/C=C/C(=O)O. The fourth-order valence-corrected chi connectivity index (χ4v) is 0.405. The summed E-state index contributed by atoms with van der Waals surface area (Å²) in [6.07, 6.45) is 3.38. The number of aliphatic carboxylic acids is 1. The molecule has 0 aliphatic heterocycles. The number of carboxylic acid groups (broad SMARTS) is 1. The molecular weight excluding hydrogens is 160 g/mol. The number of hydrogen-bond acceptors (Lipinski definition) is 2. The molecule has 5 heteroatoms. The summed E-state index contributed by atoms with van der Waals surface area (Å²) < 4.78 is 0. The van der Waals surface area contributed by atoms with Crippen molar-refractivity contribution in [3.8, 4) is 0 Å². The van der Waals surface area contributed by atoms with Crippen LogP contribution in [0.15, 0.2) is 24.9 Å². The van der Waals surface area contributed by atoms with Crippen LogP contribution in [-0.4, -0.2) is 23.7 Å². The zero-order valence-electron chi connectivity index (χ0n) is 6.41. The minimum absolute atomic E-state index is 0.340. The summed E-state index contributed by atoms with van der Waals surface area (Å²) in [5, 5.41) is 12.7. The Morgan fingerprint density at radius 1 is 1.50 bits per heavy atom. The van der Waals surface area contributed by atoms with Crippen LogP contribution in [0.25, 0.3) is 0 Å². The van der Waals surface area contributed by atoms with Crippen molar-refractivity contribution in [1.29, 1.82) is 0 Å². The molecule has 0 saturated heterocycles. The van der Waals surface area contributed by atoms with E-state index in [0.29, 0.717) is 6.54 Å². The number of hydrogen-bond donors (Lipinski definition) is 3. The smallest absolute Gasteiger partial charge is 0.329 e. The van der Waals surface area contributed by atoms with E-state index in [2.05, 4.69) is 17.2 Å². The molecule has 0 fully saturated rings. The monoisotopic (exact) mass is 170 g/mol. The first kappa shape index (κ1) is 10.2. The Kier molecular flexibility index (Phi) is 5.08. The van der Waals surface area contributed by atoms with E-state index in [1.165, 1.54) is 6.08 Å². The van der Waals surface area contributed by atoms with Gasteiger partial charge in [0.1, 0.15) is 0 Å². The average molecular weight is 170 g/mol. The van der Waals surface area contributed by atoms with Gasteiger partial charge in [0.25, 0.3) is 0 Å². The number of urea groups is 1. The summed E-state index contributed by atoms with van der Waals surface area (Å²) >= 11 is 0. The van der Waals surface area contributed by atoms with E-state index in [0.717, 1.165) is 12.3 Å². The molecule has 2 amide bonds. The lowest BCUT2D eigenvalue weighted by atomic mass is 10.6. The first-order valence-electron chi connectivity index (χ1n) is 3.21. The number of nitrogens with one attached hydrogen (secondary N) is 2. The predicted molar refractivity (Wildman–Crippen MR) is 43.5 cm³/mol. The molecule has 0 aliphatic rings. The molecule has 0 radical (unpaired) electrons. The first-order chi connectivity index (χ1) is 5.66. The van der Waals surface area contributed by atoms with E-state index >= 15 is 0 Å². The maximum Gasteiger partial charge on any atom is 0.329 e. The number of rotatable bonds is 4. The van der Waals surface area contributed by atoms with Crippen molar-refractivity contribution in [3.05, 3.63) is 24.9 Å². The second kappa shape index (κ2) is 5.96. The Bertz CT molecular complexity index is 211. The van der Waals surface area contributed by atoms with Crippen molar-refractivity contribution >= 4 is 12.0 Å². The molecule has 3 N–H and O–H groups in total. The summed E-state index contributed by atoms with van der Waals surface area (Å²) in [5.41, 5.74) is 0. The third-order valence-electron chi connectivity index (χ3n) is 0.847. The lowest BCUT2D eigenvalue weighted by Gasteiger charge is -1.98. The summed E-state index contributed by atoms with van der Waals surface area (Å²) in [5.74, 6) is -1.11. The zero-order valence-corrected chi connectivity index (χ0v) is 6.41. The van der Waals surface area contributed by atoms with Crippen molar-refractivity contribution < 1.29 is 14.7 Å². The second-order valence-electron chi connectivity index (χ2n) is 1.81. The Hall–Kier alpha value is -1.78. The molecule has 0 rings (SSSR count). The molecule has 0 aromatic rings. The fourth-order valence-electron chi connectivity index (χ4n) is 0.405. The van der Waals surface area contributed by atoms with Gasteiger partial charge in [-0.1, -0.05) is 6.08 Å². The van der Waals surface area contributed by atoms with Crippen molar-refractivity contribution in [3.63, 3.8) is 0 Å². The summed E-state index contributed by atoms with van der Waals surface area (Å²) in [6.45, 7) is 3.73. The van der Waals surface area contributed by atoms with Gasteiger partial charge in [-0.15, -0.1) is 6.58 Å². The van der Waals surface area contributed by atoms with Gasteiger partial charge in [-0.05, 0) is 0 Å². The Morgan fingerprint density at radius 3 is 2.67 bits per heavy atom. The quantitative estimate of drug-likeness (QED) is 0.412. The van der Waals surface area contributed by atoms with Gasteiger partial charge in [0.15, 0.2) is 0 Å². The molecule has 66 valence electrons. The molecular formula is C7H10N2O3. The van der Waals surface area contributed by atoms with Crippen LogP contribution in [0.4, 0.5) is 4.79 Å². The predicted octanol–water partition coefficient (Wildman–Crippen LogP) is 0.0699. The van der Waals surface area contributed by atoms with Crippen LogP contribution < -0.4 is 10.6 Å². The van der Waals surface area contributed by atoms with Crippen LogP contribution in [0.3, 0.4) is 0 Å². The Balaban J connectivity index is 3.56. The molecule has 0 aromatic heterocycles. The average Bonchev–Trinajstić information content (AvgIpc) is 2.00. The van der Waals surface area contributed by atoms with E-state index in [9.17, 15) is 9.59 Å². The maximum absolute atomic E-state index is 10.7. The molecule has 0 unspecified atom stereocenters. The van der Waals surface area contributed by atoms with Gasteiger partial charge in [-0.2, -0.15) is 0 Å². The van der Waals surface area contributed by atoms with Gasteiger partial charge >= 0.3 is 12.0 Å². The lowest BCUT2D eigenvalue weighted by Crippen LogP contribution is -2.32. The van der Waals surface area contributed by atoms with Crippen LogP contribution in [0.2, 0.25) is 0 Å².